The quantitative estimate of drug-likeness (QED) is 0.399. The summed E-state index contributed by atoms with van der Waals surface area (Å²) in [5, 5.41) is 20.1. The summed E-state index contributed by atoms with van der Waals surface area (Å²) in [5.41, 5.74) is 0.0528. The van der Waals surface area contributed by atoms with Crippen molar-refractivity contribution in [3.63, 3.8) is 0 Å². The SMILES string of the molecule is CN(C)CCCOCCOc1cccc(CO)c1[N+](=O)[O-]. The zero-order chi connectivity index (χ0) is 15.7. The molecule has 0 amide bonds. The molecule has 1 rings (SSSR count). The molecule has 0 bridgehead atoms. The number of hydrogen-bond donors (Lipinski definition) is 1. The zero-order valence-corrected chi connectivity index (χ0v) is 12.4. The minimum Gasteiger partial charge on any atom is -0.484 e. The molecule has 0 aliphatic heterocycles. The molecule has 0 spiro atoms. The third kappa shape index (κ3) is 6.07. The highest BCUT2D eigenvalue weighted by atomic mass is 16.6. The van der Waals surface area contributed by atoms with E-state index < -0.39 is 11.5 Å². The summed E-state index contributed by atoms with van der Waals surface area (Å²) in [7, 11) is 3.99. The third-order valence-corrected chi connectivity index (χ3v) is 2.81. The number of aliphatic hydroxyl groups excluding tert-OH is 1. The first-order chi connectivity index (χ1) is 10.1. The van der Waals surface area contributed by atoms with Crippen LogP contribution >= 0.6 is 0 Å². The predicted octanol–water partition coefficient (Wildman–Crippen LogP) is 1.43. The molecular weight excluding hydrogens is 276 g/mol. The molecule has 0 aliphatic carbocycles. The Balaban J connectivity index is 2.40. The maximum absolute atomic E-state index is 11.0. The highest BCUT2D eigenvalue weighted by Gasteiger charge is 2.20. The second-order valence-corrected chi connectivity index (χ2v) is 4.80. The summed E-state index contributed by atoms with van der Waals surface area (Å²) >= 11 is 0. The van der Waals surface area contributed by atoms with Gasteiger partial charge in [-0.15, -0.1) is 0 Å². The maximum Gasteiger partial charge on any atom is 0.316 e. The van der Waals surface area contributed by atoms with Crippen molar-refractivity contribution in [2.24, 2.45) is 0 Å². The summed E-state index contributed by atoms with van der Waals surface area (Å²) in [5.74, 6) is 0.156. The average Bonchev–Trinajstić information content (AvgIpc) is 2.45. The molecule has 1 aromatic rings. The lowest BCUT2D eigenvalue weighted by atomic mass is 10.2. The highest BCUT2D eigenvalue weighted by molar-refractivity contribution is 5.52. The largest absolute Gasteiger partial charge is 0.484 e. The first-order valence-electron chi connectivity index (χ1n) is 6.78. The van der Waals surface area contributed by atoms with Gasteiger partial charge in [0.05, 0.1) is 23.7 Å². The van der Waals surface area contributed by atoms with E-state index in [2.05, 4.69) is 4.90 Å². The fourth-order valence-corrected chi connectivity index (χ4v) is 1.81. The van der Waals surface area contributed by atoms with Gasteiger partial charge in [-0.25, -0.2) is 0 Å². The number of nitrogens with zero attached hydrogens (tertiary/aromatic N) is 2. The predicted molar refractivity (Wildman–Crippen MR) is 78.5 cm³/mol. The van der Waals surface area contributed by atoms with Crippen molar-refractivity contribution in [3.8, 4) is 5.75 Å². The van der Waals surface area contributed by atoms with Gasteiger partial charge >= 0.3 is 5.69 Å². The summed E-state index contributed by atoms with van der Waals surface area (Å²) < 4.78 is 10.8. The van der Waals surface area contributed by atoms with Crippen LogP contribution in [0.15, 0.2) is 18.2 Å². The van der Waals surface area contributed by atoms with Gasteiger partial charge in [-0.05, 0) is 39.2 Å². The van der Waals surface area contributed by atoms with Crippen molar-refractivity contribution in [2.45, 2.75) is 13.0 Å². The van der Waals surface area contributed by atoms with Gasteiger partial charge in [0.15, 0.2) is 5.75 Å². The molecule has 7 nitrogen and oxygen atoms in total. The third-order valence-electron chi connectivity index (χ3n) is 2.81. The Kier molecular flexibility index (Phi) is 7.66. The summed E-state index contributed by atoms with van der Waals surface area (Å²) in [6.45, 7) is 1.78. The van der Waals surface area contributed by atoms with Gasteiger partial charge in [0.25, 0.3) is 0 Å². The Morgan fingerprint density at radius 3 is 2.67 bits per heavy atom. The molecule has 0 radical (unpaired) electrons. The van der Waals surface area contributed by atoms with Crippen LogP contribution in [0.5, 0.6) is 5.75 Å². The van der Waals surface area contributed by atoms with E-state index in [9.17, 15) is 10.1 Å². The monoisotopic (exact) mass is 298 g/mol. The van der Waals surface area contributed by atoms with E-state index in [-0.39, 0.29) is 23.6 Å². The van der Waals surface area contributed by atoms with E-state index in [1.165, 1.54) is 12.1 Å². The lowest BCUT2D eigenvalue weighted by Gasteiger charge is -2.11. The van der Waals surface area contributed by atoms with Gasteiger partial charge < -0.3 is 19.5 Å². The van der Waals surface area contributed by atoms with Crippen molar-refractivity contribution in [1.82, 2.24) is 4.90 Å². The van der Waals surface area contributed by atoms with Crippen LogP contribution in [0.3, 0.4) is 0 Å². The smallest absolute Gasteiger partial charge is 0.316 e. The van der Waals surface area contributed by atoms with Crippen LogP contribution in [0, 0.1) is 10.1 Å². The number of ether oxygens (including phenoxy) is 2. The molecule has 21 heavy (non-hydrogen) atoms. The molecule has 0 unspecified atom stereocenters. The number of nitro groups is 1. The average molecular weight is 298 g/mol. The van der Waals surface area contributed by atoms with Crippen LogP contribution in [-0.4, -0.2) is 55.4 Å². The number of rotatable bonds is 10. The number of benzene rings is 1. The number of hydrogen-bond acceptors (Lipinski definition) is 6. The van der Waals surface area contributed by atoms with Gasteiger partial charge in [-0.2, -0.15) is 0 Å². The van der Waals surface area contributed by atoms with Crippen molar-refractivity contribution >= 4 is 5.69 Å². The molecular formula is C14H22N2O5. The maximum atomic E-state index is 11.0. The van der Waals surface area contributed by atoms with Crippen LogP contribution in [0.25, 0.3) is 0 Å². The van der Waals surface area contributed by atoms with Gasteiger partial charge in [0.1, 0.15) is 6.61 Å². The van der Waals surface area contributed by atoms with Crippen LogP contribution in [0.1, 0.15) is 12.0 Å². The molecule has 0 fully saturated rings. The van der Waals surface area contributed by atoms with Gasteiger partial charge in [0, 0.05) is 6.61 Å². The van der Waals surface area contributed by atoms with Gasteiger partial charge in [-0.1, -0.05) is 6.07 Å². The topological polar surface area (TPSA) is 85.1 Å². The van der Waals surface area contributed by atoms with Gasteiger partial charge in [0.2, 0.25) is 0 Å². The zero-order valence-electron chi connectivity index (χ0n) is 12.4. The molecule has 118 valence electrons. The van der Waals surface area contributed by atoms with Crippen LogP contribution in [0.2, 0.25) is 0 Å². The van der Waals surface area contributed by atoms with Crippen molar-refractivity contribution in [3.05, 3.63) is 33.9 Å². The minimum absolute atomic E-state index is 0.156. The van der Waals surface area contributed by atoms with Crippen molar-refractivity contribution < 1.29 is 19.5 Å². The lowest BCUT2D eigenvalue weighted by Crippen LogP contribution is -2.16. The fourth-order valence-electron chi connectivity index (χ4n) is 1.81. The molecule has 0 saturated heterocycles. The molecule has 7 heteroatoms. The Morgan fingerprint density at radius 1 is 1.29 bits per heavy atom. The Hall–Kier alpha value is -1.70. The Bertz CT molecular complexity index is 451. The minimum atomic E-state index is -0.543. The summed E-state index contributed by atoms with van der Waals surface area (Å²) in [4.78, 5) is 12.5. The van der Waals surface area contributed by atoms with Crippen molar-refractivity contribution in [1.29, 1.82) is 0 Å². The van der Waals surface area contributed by atoms with Crippen LogP contribution < -0.4 is 4.74 Å². The summed E-state index contributed by atoms with van der Waals surface area (Å²) in [6, 6.07) is 4.64. The van der Waals surface area contributed by atoms with E-state index in [4.69, 9.17) is 14.6 Å². The Morgan fingerprint density at radius 2 is 2.05 bits per heavy atom. The van der Waals surface area contributed by atoms with Crippen LogP contribution in [-0.2, 0) is 11.3 Å². The fraction of sp³-hybridized carbons (Fsp3) is 0.571. The molecule has 0 saturated carbocycles. The second-order valence-electron chi connectivity index (χ2n) is 4.80. The first kappa shape index (κ1) is 17.4. The second kappa shape index (κ2) is 9.28. The van der Waals surface area contributed by atoms with Gasteiger partial charge in [-0.3, -0.25) is 10.1 Å². The van der Waals surface area contributed by atoms with E-state index in [0.29, 0.717) is 13.2 Å². The van der Waals surface area contributed by atoms with Crippen LogP contribution in [0.4, 0.5) is 5.69 Å². The molecule has 0 aromatic heterocycles. The number of aliphatic hydroxyl groups is 1. The number of para-hydroxylation sites is 1. The summed E-state index contributed by atoms with van der Waals surface area (Å²) in [6.07, 6.45) is 0.924. The molecule has 0 atom stereocenters. The molecule has 0 aliphatic rings. The van der Waals surface area contributed by atoms with E-state index in [1.54, 1.807) is 6.07 Å². The lowest BCUT2D eigenvalue weighted by molar-refractivity contribution is -0.386. The highest BCUT2D eigenvalue weighted by Crippen LogP contribution is 2.30. The molecule has 1 N–H and O–H groups in total. The molecule has 0 heterocycles. The number of nitro benzene ring substituents is 1. The molecule has 1 aromatic carbocycles. The van der Waals surface area contributed by atoms with E-state index in [0.717, 1.165) is 13.0 Å². The normalized spacial score (nSPS) is 10.9. The standard InChI is InChI=1S/C14H22N2O5/c1-15(2)7-4-8-20-9-10-21-13-6-3-5-12(11-17)14(13)16(18)19/h3,5-6,17H,4,7-11H2,1-2H3. The van der Waals surface area contributed by atoms with E-state index >= 15 is 0 Å². The van der Waals surface area contributed by atoms with Crippen molar-refractivity contribution in [2.75, 3.05) is 40.5 Å². The first-order valence-corrected chi connectivity index (χ1v) is 6.78. The van der Waals surface area contributed by atoms with E-state index in [1.807, 2.05) is 14.1 Å². The Labute approximate surface area is 124 Å².